The molecule has 1 unspecified atom stereocenters. The van der Waals surface area contributed by atoms with Crippen LogP contribution >= 0.6 is 11.6 Å². The number of hydrogen-bond donors (Lipinski definition) is 1. The molecule has 1 N–H and O–H groups in total. The van der Waals surface area contributed by atoms with E-state index in [1.165, 1.54) is 9.47 Å². The monoisotopic (exact) mass is 413 g/mol. The van der Waals surface area contributed by atoms with Crippen LogP contribution in [0.2, 0.25) is 5.02 Å². The van der Waals surface area contributed by atoms with Gasteiger partial charge in [-0.15, -0.1) is 0 Å². The summed E-state index contributed by atoms with van der Waals surface area (Å²) in [5.41, 5.74) is 0.0519. The fourth-order valence-corrected chi connectivity index (χ4v) is 3.88. The Bertz CT molecular complexity index is 1100. The fraction of sp³-hybridized carbons (Fsp3) is 0.318. The predicted octanol–water partition coefficient (Wildman–Crippen LogP) is 5.27. The van der Waals surface area contributed by atoms with Gasteiger partial charge in [0.05, 0.1) is 27.7 Å². The van der Waals surface area contributed by atoms with Crippen LogP contribution in [0.4, 0.5) is 4.79 Å². The molecule has 0 fully saturated rings. The minimum absolute atomic E-state index is 0.314. The third-order valence-corrected chi connectivity index (χ3v) is 5.13. The maximum atomic E-state index is 13.5. The lowest BCUT2D eigenvalue weighted by molar-refractivity contribution is 0.0646. The van der Waals surface area contributed by atoms with Crippen LogP contribution in [0.15, 0.2) is 53.3 Å². The Labute approximate surface area is 174 Å². The van der Waals surface area contributed by atoms with Crippen LogP contribution in [-0.4, -0.2) is 31.2 Å². The molecule has 3 aromatic rings. The number of benzene rings is 2. The van der Waals surface area contributed by atoms with Gasteiger partial charge in [0, 0.05) is 5.54 Å². The van der Waals surface area contributed by atoms with E-state index in [0.29, 0.717) is 33.9 Å². The molecule has 0 aliphatic heterocycles. The number of carbonyl (C=O) groups is 1. The van der Waals surface area contributed by atoms with Crippen molar-refractivity contribution in [3.63, 3.8) is 0 Å². The van der Waals surface area contributed by atoms with Crippen molar-refractivity contribution in [1.82, 2.24) is 14.5 Å². The third kappa shape index (κ3) is 3.85. The lowest BCUT2D eigenvalue weighted by Gasteiger charge is -2.39. The second-order valence-corrected chi connectivity index (χ2v) is 8.23. The zero-order valence-corrected chi connectivity index (χ0v) is 17.6. The molecule has 6 nitrogen and oxygen atoms in total. The summed E-state index contributed by atoms with van der Waals surface area (Å²) in [5, 5.41) is 10.6. The van der Waals surface area contributed by atoms with Crippen LogP contribution in [0.1, 0.15) is 46.0 Å². The lowest BCUT2D eigenvalue weighted by Crippen LogP contribution is -2.48. The lowest BCUT2D eigenvalue weighted by atomic mass is 10.0. The first kappa shape index (κ1) is 20.9. The summed E-state index contributed by atoms with van der Waals surface area (Å²) in [6.45, 7) is 7.36. The molecular weight excluding hydrogens is 390 g/mol. The number of carboxylic acid groups (broad SMARTS) is 1. The molecule has 3 rings (SSSR count). The summed E-state index contributed by atoms with van der Waals surface area (Å²) in [5.74, 6) is 0.371. The molecule has 152 valence electrons. The normalized spacial score (nSPS) is 12.7. The zero-order chi connectivity index (χ0) is 21.3. The Morgan fingerprint density at radius 2 is 1.83 bits per heavy atom. The van der Waals surface area contributed by atoms with Crippen LogP contribution in [0.5, 0.6) is 0 Å². The van der Waals surface area contributed by atoms with Crippen molar-refractivity contribution < 1.29 is 9.90 Å². The van der Waals surface area contributed by atoms with E-state index < -0.39 is 17.7 Å². The maximum Gasteiger partial charge on any atom is 0.408 e. The van der Waals surface area contributed by atoms with Gasteiger partial charge < -0.3 is 5.11 Å². The van der Waals surface area contributed by atoms with Crippen LogP contribution in [0.25, 0.3) is 16.6 Å². The number of amides is 1. The SMILES string of the molecule is CCC(c1nc2cccc(Cl)c2c(=O)n1-c1ccccc1)N(C(=O)O)C(C)(C)C. The van der Waals surface area contributed by atoms with Gasteiger partial charge in [0.15, 0.2) is 0 Å². The molecule has 0 aliphatic carbocycles. The highest BCUT2D eigenvalue weighted by Crippen LogP contribution is 2.32. The molecule has 1 amide bonds. The molecule has 1 heterocycles. The number of nitrogens with zero attached hydrogens (tertiary/aromatic N) is 3. The van der Waals surface area contributed by atoms with E-state index in [9.17, 15) is 14.7 Å². The molecule has 0 bridgehead atoms. The Morgan fingerprint density at radius 1 is 1.17 bits per heavy atom. The van der Waals surface area contributed by atoms with Crippen molar-refractivity contribution in [3.8, 4) is 5.69 Å². The highest BCUT2D eigenvalue weighted by molar-refractivity contribution is 6.35. The van der Waals surface area contributed by atoms with Gasteiger partial charge >= 0.3 is 6.09 Å². The first-order valence-electron chi connectivity index (χ1n) is 9.45. The number of para-hydroxylation sites is 1. The van der Waals surface area contributed by atoms with Gasteiger partial charge in [0.2, 0.25) is 0 Å². The number of halogens is 1. The van der Waals surface area contributed by atoms with Crippen molar-refractivity contribution in [2.45, 2.75) is 45.7 Å². The van der Waals surface area contributed by atoms with Crippen molar-refractivity contribution in [2.24, 2.45) is 0 Å². The second-order valence-electron chi connectivity index (χ2n) is 7.83. The average Bonchev–Trinajstić information content (AvgIpc) is 2.65. The van der Waals surface area contributed by atoms with Gasteiger partial charge in [-0.25, -0.2) is 9.78 Å². The summed E-state index contributed by atoms with van der Waals surface area (Å²) in [6.07, 6.45) is -0.612. The minimum atomic E-state index is -1.07. The van der Waals surface area contributed by atoms with E-state index in [-0.39, 0.29) is 5.56 Å². The highest BCUT2D eigenvalue weighted by Gasteiger charge is 2.36. The number of hydrogen-bond acceptors (Lipinski definition) is 3. The third-order valence-electron chi connectivity index (χ3n) is 4.81. The quantitative estimate of drug-likeness (QED) is 0.632. The molecular formula is C22H24ClN3O3. The van der Waals surface area contributed by atoms with E-state index in [2.05, 4.69) is 0 Å². The van der Waals surface area contributed by atoms with Crippen LogP contribution in [0, 0.1) is 0 Å². The fourth-order valence-electron chi connectivity index (χ4n) is 3.63. The summed E-state index contributed by atoms with van der Waals surface area (Å²) < 4.78 is 1.48. The average molecular weight is 414 g/mol. The Hall–Kier alpha value is -2.86. The first-order valence-corrected chi connectivity index (χ1v) is 9.83. The molecule has 7 heteroatoms. The molecule has 0 radical (unpaired) electrons. The zero-order valence-electron chi connectivity index (χ0n) is 16.9. The summed E-state index contributed by atoms with van der Waals surface area (Å²) in [6, 6.07) is 13.6. The van der Waals surface area contributed by atoms with Crippen LogP contribution in [0.3, 0.4) is 0 Å². The molecule has 1 aromatic heterocycles. The molecule has 0 saturated heterocycles. The summed E-state index contributed by atoms with van der Waals surface area (Å²) in [4.78, 5) is 31.8. The van der Waals surface area contributed by atoms with Crippen molar-refractivity contribution in [1.29, 1.82) is 0 Å². The number of fused-ring (bicyclic) bond motifs is 1. The second kappa shape index (κ2) is 7.87. The van der Waals surface area contributed by atoms with Crippen molar-refractivity contribution >= 4 is 28.6 Å². The van der Waals surface area contributed by atoms with E-state index in [0.717, 1.165) is 0 Å². The highest BCUT2D eigenvalue weighted by atomic mass is 35.5. The Kier molecular flexibility index (Phi) is 5.66. The minimum Gasteiger partial charge on any atom is -0.465 e. The van der Waals surface area contributed by atoms with Crippen molar-refractivity contribution in [2.75, 3.05) is 0 Å². The number of rotatable bonds is 4. The van der Waals surface area contributed by atoms with Gasteiger partial charge in [0.25, 0.3) is 5.56 Å². The standard InChI is InChI=1S/C22H24ClN3O3/c1-5-17(26(21(28)29)22(2,3)4)19-24-16-13-9-12-15(23)18(16)20(27)25(19)14-10-7-6-8-11-14/h6-13,17H,5H2,1-4H3,(H,28,29). The Balaban J connectivity index is 2.42. The summed E-state index contributed by atoms with van der Waals surface area (Å²) in [7, 11) is 0. The van der Waals surface area contributed by atoms with Gasteiger partial charge in [-0.2, -0.15) is 0 Å². The van der Waals surface area contributed by atoms with Gasteiger partial charge in [-0.1, -0.05) is 42.8 Å². The number of aromatic nitrogens is 2. The molecule has 1 atom stereocenters. The van der Waals surface area contributed by atoms with Gasteiger partial charge in [-0.3, -0.25) is 14.3 Å². The molecule has 0 saturated carbocycles. The largest absolute Gasteiger partial charge is 0.465 e. The molecule has 0 aliphatic rings. The predicted molar refractivity (Wildman–Crippen MR) is 115 cm³/mol. The van der Waals surface area contributed by atoms with Crippen LogP contribution < -0.4 is 5.56 Å². The van der Waals surface area contributed by atoms with Gasteiger partial charge in [0.1, 0.15) is 5.82 Å². The maximum absolute atomic E-state index is 13.5. The van der Waals surface area contributed by atoms with E-state index >= 15 is 0 Å². The molecule has 29 heavy (non-hydrogen) atoms. The van der Waals surface area contributed by atoms with Crippen molar-refractivity contribution in [3.05, 3.63) is 69.7 Å². The first-order chi connectivity index (χ1) is 13.7. The summed E-state index contributed by atoms with van der Waals surface area (Å²) >= 11 is 6.32. The van der Waals surface area contributed by atoms with Crippen LogP contribution in [-0.2, 0) is 0 Å². The smallest absolute Gasteiger partial charge is 0.408 e. The van der Waals surface area contributed by atoms with Gasteiger partial charge in [-0.05, 0) is 51.5 Å². The van der Waals surface area contributed by atoms with E-state index in [1.807, 2.05) is 45.9 Å². The molecule has 2 aromatic carbocycles. The Morgan fingerprint density at radius 3 is 2.38 bits per heavy atom. The van der Waals surface area contributed by atoms with E-state index in [1.54, 1.807) is 30.3 Å². The topological polar surface area (TPSA) is 75.4 Å². The molecule has 0 spiro atoms. The van der Waals surface area contributed by atoms with E-state index in [4.69, 9.17) is 16.6 Å².